The molecule has 0 aliphatic carbocycles. The van der Waals surface area contributed by atoms with Crippen LogP contribution in [0.15, 0.2) is 59.5 Å². The lowest BCUT2D eigenvalue weighted by Gasteiger charge is -2.44. The molecule has 1 aromatic rings. The van der Waals surface area contributed by atoms with Gasteiger partial charge in [-0.1, -0.05) is 43.1 Å². The van der Waals surface area contributed by atoms with Crippen molar-refractivity contribution in [3.63, 3.8) is 0 Å². The first-order valence-electron chi connectivity index (χ1n) is 6.46. The van der Waals surface area contributed by atoms with Gasteiger partial charge in [-0.05, 0) is 30.2 Å². The molecule has 0 amide bonds. The van der Waals surface area contributed by atoms with Gasteiger partial charge in [0, 0.05) is 12.0 Å². The molecule has 2 heterocycles. The number of rotatable bonds is 3. The lowest BCUT2D eigenvalue weighted by atomic mass is 9.79. The molecule has 0 radical (unpaired) electrons. The molecule has 2 aliphatic rings. The van der Waals surface area contributed by atoms with Crippen LogP contribution in [0.4, 0.5) is 0 Å². The lowest BCUT2D eigenvalue weighted by molar-refractivity contribution is -0.0464. The first kappa shape index (κ1) is 14.2. The van der Waals surface area contributed by atoms with Crippen LogP contribution in [0.5, 0.6) is 0 Å². The number of benzene rings is 1. The van der Waals surface area contributed by atoms with Crippen molar-refractivity contribution in [1.29, 1.82) is 0 Å². The van der Waals surface area contributed by atoms with Crippen molar-refractivity contribution in [3.05, 3.63) is 54.6 Å². The van der Waals surface area contributed by atoms with Gasteiger partial charge in [-0.15, -0.1) is 11.6 Å². The fourth-order valence-electron chi connectivity index (χ4n) is 3.03. The maximum atomic E-state index is 6.66. The molecule has 1 aromatic carbocycles. The molecule has 0 N–H and O–H groups in total. The Balaban J connectivity index is 2.05. The second kappa shape index (κ2) is 4.63. The summed E-state index contributed by atoms with van der Waals surface area (Å²) in [5.41, 5.74) is 1.11. The van der Waals surface area contributed by atoms with E-state index in [0.29, 0.717) is 0 Å². The molecular weight excluding hydrogens is 292 g/mol. The molecule has 2 saturated heterocycles. The van der Waals surface area contributed by atoms with Crippen LogP contribution in [0.1, 0.15) is 6.92 Å². The summed E-state index contributed by atoms with van der Waals surface area (Å²) in [6.45, 7) is 10.2. The molecule has 0 aromatic heterocycles. The average Bonchev–Trinajstić information content (AvgIpc) is 2.82. The summed E-state index contributed by atoms with van der Waals surface area (Å²) < 4.78 is 12.0. The van der Waals surface area contributed by atoms with E-state index in [1.54, 1.807) is 18.9 Å². The lowest BCUT2D eigenvalue weighted by Crippen LogP contribution is -2.55. The average molecular weight is 309 g/mol. The van der Waals surface area contributed by atoms with Crippen LogP contribution in [-0.2, 0) is 9.47 Å². The maximum absolute atomic E-state index is 6.66. The minimum Gasteiger partial charge on any atom is -0.362 e. The van der Waals surface area contributed by atoms with Crippen molar-refractivity contribution in [3.8, 4) is 0 Å². The van der Waals surface area contributed by atoms with Crippen molar-refractivity contribution in [2.45, 2.75) is 33.8 Å². The first-order valence-corrected chi connectivity index (χ1v) is 7.71. The Kier molecular flexibility index (Phi) is 3.29. The van der Waals surface area contributed by atoms with Crippen LogP contribution in [0.2, 0.25) is 0 Å². The number of thioether (sulfide) groups is 1. The highest BCUT2D eigenvalue weighted by atomic mass is 35.5. The third-order valence-electron chi connectivity index (χ3n) is 4.28. The van der Waals surface area contributed by atoms with Crippen LogP contribution >= 0.6 is 23.4 Å². The second-order valence-corrected chi connectivity index (χ2v) is 7.02. The minimum atomic E-state index is -0.696. The monoisotopic (exact) mass is 308 g/mol. The van der Waals surface area contributed by atoms with Gasteiger partial charge >= 0.3 is 0 Å². The summed E-state index contributed by atoms with van der Waals surface area (Å²) in [5, 5.41) is -0.305. The Labute approximate surface area is 128 Å². The van der Waals surface area contributed by atoms with Crippen molar-refractivity contribution in [2.24, 2.45) is 0 Å². The van der Waals surface area contributed by atoms with Crippen molar-refractivity contribution in [1.82, 2.24) is 0 Å². The summed E-state index contributed by atoms with van der Waals surface area (Å²) >= 11 is 8.25. The number of hydrogen-bond acceptors (Lipinski definition) is 3. The van der Waals surface area contributed by atoms with Crippen LogP contribution < -0.4 is 0 Å². The Morgan fingerprint density at radius 2 is 1.95 bits per heavy atom. The summed E-state index contributed by atoms with van der Waals surface area (Å²) in [4.78, 5) is 0.398. The standard InChI is InChI=1S/C16H17ClO2S/c1-10-11(2)15(3)16(18-4,14(17)13(10)19-15)20-12-8-6-5-7-9-12/h5-9,13-14H,1-2H2,3-4H3/t13-,14-,15+,16+/m0/s1. The van der Waals surface area contributed by atoms with Crippen molar-refractivity contribution < 1.29 is 9.47 Å². The van der Waals surface area contributed by atoms with Gasteiger partial charge in [-0.25, -0.2) is 0 Å². The molecule has 3 rings (SSSR count). The zero-order valence-corrected chi connectivity index (χ0v) is 13.1. The molecular formula is C16H17ClO2S. The predicted molar refractivity (Wildman–Crippen MR) is 83.2 cm³/mol. The van der Waals surface area contributed by atoms with Crippen molar-refractivity contribution >= 4 is 23.4 Å². The molecule has 0 spiro atoms. The van der Waals surface area contributed by atoms with E-state index in [1.165, 1.54) is 0 Å². The maximum Gasteiger partial charge on any atom is 0.169 e. The van der Waals surface area contributed by atoms with Gasteiger partial charge in [0.05, 0.1) is 0 Å². The third-order valence-corrected chi connectivity index (χ3v) is 6.57. The molecule has 106 valence electrons. The van der Waals surface area contributed by atoms with Gasteiger partial charge in [-0.3, -0.25) is 0 Å². The smallest absolute Gasteiger partial charge is 0.169 e. The second-order valence-electron chi connectivity index (χ2n) is 5.26. The number of alkyl halides is 1. The summed E-state index contributed by atoms with van der Waals surface area (Å²) in [5.74, 6) is 0. The number of halogens is 1. The molecule has 4 atom stereocenters. The van der Waals surface area contributed by atoms with Crippen molar-refractivity contribution in [2.75, 3.05) is 7.11 Å². The number of hydrogen-bond donors (Lipinski definition) is 0. The SMILES string of the molecule is C=C1C(=C)[C@@]2(C)O[C@@H]1[C@H](Cl)[C@@]2(OC)Sc1ccccc1. The molecule has 4 heteroatoms. The van der Waals surface area contributed by atoms with Crippen LogP contribution in [0, 0.1) is 0 Å². The summed E-state index contributed by atoms with van der Waals surface area (Å²) in [6, 6.07) is 10.1. The molecule has 2 bridgehead atoms. The largest absolute Gasteiger partial charge is 0.362 e. The van der Waals surface area contributed by atoms with E-state index >= 15 is 0 Å². The highest BCUT2D eigenvalue weighted by Crippen LogP contribution is 2.63. The Morgan fingerprint density at radius 1 is 1.30 bits per heavy atom. The molecule has 20 heavy (non-hydrogen) atoms. The minimum absolute atomic E-state index is 0.231. The fourth-order valence-corrected chi connectivity index (χ4v) is 5.00. The quantitative estimate of drug-likeness (QED) is 0.621. The Hall–Kier alpha value is -0.740. The molecule has 0 saturated carbocycles. The van der Waals surface area contributed by atoms with Gasteiger partial charge in [0.2, 0.25) is 0 Å². The fraction of sp³-hybridized carbons (Fsp3) is 0.375. The first-order chi connectivity index (χ1) is 9.46. The van der Waals surface area contributed by atoms with Crippen LogP contribution in [-0.4, -0.2) is 29.1 Å². The van der Waals surface area contributed by atoms with E-state index in [0.717, 1.165) is 16.0 Å². The zero-order valence-electron chi connectivity index (χ0n) is 11.6. The van der Waals surface area contributed by atoms with Gasteiger partial charge in [0.15, 0.2) is 4.93 Å². The van der Waals surface area contributed by atoms with E-state index in [1.807, 2.05) is 37.3 Å². The number of ether oxygens (including phenoxy) is 2. The van der Waals surface area contributed by atoms with Crippen LogP contribution in [0.3, 0.4) is 0 Å². The summed E-state index contributed by atoms with van der Waals surface area (Å²) in [6.07, 6.45) is -0.231. The molecule has 2 aliphatic heterocycles. The molecule has 2 fully saturated rings. The van der Waals surface area contributed by atoms with Gasteiger partial charge in [0.1, 0.15) is 17.1 Å². The highest BCUT2D eigenvalue weighted by Gasteiger charge is 2.71. The number of fused-ring (bicyclic) bond motifs is 2. The number of methoxy groups -OCH3 is 1. The van der Waals surface area contributed by atoms with E-state index in [2.05, 4.69) is 13.2 Å². The predicted octanol–water partition coefficient (Wildman–Crippen LogP) is 4.01. The van der Waals surface area contributed by atoms with E-state index in [4.69, 9.17) is 21.1 Å². The van der Waals surface area contributed by atoms with E-state index in [-0.39, 0.29) is 11.5 Å². The normalized spacial score (nSPS) is 39.5. The topological polar surface area (TPSA) is 18.5 Å². The summed E-state index contributed by atoms with van der Waals surface area (Å²) in [7, 11) is 1.68. The van der Waals surface area contributed by atoms with Gasteiger partial charge in [-0.2, -0.15) is 0 Å². The van der Waals surface area contributed by atoms with Crippen LogP contribution in [0.25, 0.3) is 0 Å². The molecule has 2 nitrogen and oxygen atoms in total. The van der Waals surface area contributed by atoms with E-state index in [9.17, 15) is 0 Å². The Morgan fingerprint density at radius 3 is 2.50 bits per heavy atom. The van der Waals surface area contributed by atoms with Gasteiger partial charge in [0.25, 0.3) is 0 Å². The third kappa shape index (κ3) is 1.61. The Bertz CT molecular complexity index is 573. The highest BCUT2D eigenvalue weighted by molar-refractivity contribution is 8.00. The van der Waals surface area contributed by atoms with E-state index < -0.39 is 10.5 Å². The molecule has 0 unspecified atom stereocenters. The van der Waals surface area contributed by atoms with Gasteiger partial charge < -0.3 is 9.47 Å². The zero-order chi connectivity index (χ0) is 14.5.